The number of carboxylic acid groups (broad SMARTS) is 1. The standard InChI is InChI=1S/C14H13NO2/c1-8-10-4-2-3-5-11(10)15-13(9-6-7-9)12(8)14(16)17/h2-5,9H,6-7H2,1H3,(H,16,17). The fourth-order valence-corrected chi connectivity index (χ4v) is 2.32. The van der Waals surface area contributed by atoms with Crippen molar-refractivity contribution in [2.24, 2.45) is 0 Å². The minimum Gasteiger partial charge on any atom is -0.478 e. The van der Waals surface area contributed by atoms with Gasteiger partial charge in [0.1, 0.15) is 0 Å². The van der Waals surface area contributed by atoms with E-state index in [0.717, 1.165) is 35.0 Å². The molecule has 1 heterocycles. The van der Waals surface area contributed by atoms with E-state index in [0.29, 0.717) is 11.5 Å². The lowest BCUT2D eigenvalue weighted by Crippen LogP contribution is -2.07. The maximum Gasteiger partial charge on any atom is 0.337 e. The second kappa shape index (κ2) is 3.55. The van der Waals surface area contributed by atoms with Crippen LogP contribution in [-0.2, 0) is 0 Å². The lowest BCUT2D eigenvalue weighted by molar-refractivity contribution is 0.0694. The van der Waals surface area contributed by atoms with Crippen molar-refractivity contribution in [1.82, 2.24) is 4.98 Å². The molecule has 1 aliphatic carbocycles. The second-order valence-electron chi connectivity index (χ2n) is 4.59. The first kappa shape index (κ1) is 10.3. The Morgan fingerprint density at radius 1 is 1.35 bits per heavy atom. The normalized spacial score (nSPS) is 15.1. The van der Waals surface area contributed by atoms with Crippen molar-refractivity contribution < 1.29 is 9.90 Å². The summed E-state index contributed by atoms with van der Waals surface area (Å²) in [6.07, 6.45) is 2.12. The second-order valence-corrected chi connectivity index (χ2v) is 4.59. The average Bonchev–Trinajstić information content (AvgIpc) is 3.12. The lowest BCUT2D eigenvalue weighted by Gasteiger charge is -2.10. The van der Waals surface area contributed by atoms with Gasteiger partial charge >= 0.3 is 5.97 Å². The van der Waals surface area contributed by atoms with Crippen LogP contribution in [-0.4, -0.2) is 16.1 Å². The van der Waals surface area contributed by atoms with Crippen LogP contribution in [0.4, 0.5) is 0 Å². The number of nitrogens with zero attached hydrogens (tertiary/aromatic N) is 1. The molecule has 0 radical (unpaired) electrons. The third-order valence-corrected chi connectivity index (χ3v) is 3.36. The minimum atomic E-state index is -0.859. The predicted octanol–water partition coefficient (Wildman–Crippen LogP) is 3.12. The van der Waals surface area contributed by atoms with Gasteiger partial charge in [-0.15, -0.1) is 0 Å². The van der Waals surface area contributed by atoms with Gasteiger partial charge in [-0.2, -0.15) is 0 Å². The highest BCUT2D eigenvalue weighted by atomic mass is 16.4. The number of para-hydroxylation sites is 1. The summed E-state index contributed by atoms with van der Waals surface area (Å²) in [7, 11) is 0. The van der Waals surface area contributed by atoms with Gasteiger partial charge in [-0.05, 0) is 31.4 Å². The van der Waals surface area contributed by atoms with E-state index >= 15 is 0 Å². The molecule has 3 nitrogen and oxygen atoms in total. The first-order chi connectivity index (χ1) is 8.18. The molecule has 0 aliphatic heterocycles. The third-order valence-electron chi connectivity index (χ3n) is 3.36. The Hall–Kier alpha value is -1.90. The van der Waals surface area contributed by atoms with Crippen molar-refractivity contribution in [1.29, 1.82) is 0 Å². The Bertz CT molecular complexity index is 615. The van der Waals surface area contributed by atoms with Gasteiger partial charge < -0.3 is 5.11 Å². The monoisotopic (exact) mass is 227 g/mol. The lowest BCUT2D eigenvalue weighted by atomic mass is 9.99. The molecule has 1 N–H and O–H groups in total. The summed E-state index contributed by atoms with van der Waals surface area (Å²) in [5.41, 5.74) is 2.92. The van der Waals surface area contributed by atoms with Crippen LogP contribution in [0.2, 0.25) is 0 Å². The molecule has 0 amide bonds. The molecule has 3 heteroatoms. The molecule has 17 heavy (non-hydrogen) atoms. The molecule has 0 atom stereocenters. The predicted molar refractivity (Wildman–Crippen MR) is 65.4 cm³/mol. The van der Waals surface area contributed by atoms with Crippen LogP contribution in [0.1, 0.15) is 40.4 Å². The van der Waals surface area contributed by atoms with E-state index in [4.69, 9.17) is 0 Å². The molecular formula is C14H13NO2. The number of hydrogen-bond acceptors (Lipinski definition) is 2. The number of hydrogen-bond donors (Lipinski definition) is 1. The summed E-state index contributed by atoms with van der Waals surface area (Å²) in [6, 6.07) is 7.73. The highest BCUT2D eigenvalue weighted by Crippen LogP contribution is 2.42. The molecule has 3 rings (SSSR count). The van der Waals surface area contributed by atoms with Gasteiger partial charge in [-0.3, -0.25) is 4.98 Å². The number of carbonyl (C=O) groups is 1. The number of aromatic nitrogens is 1. The topological polar surface area (TPSA) is 50.2 Å². The summed E-state index contributed by atoms with van der Waals surface area (Å²) < 4.78 is 0. The SMILES string of the molecule is Cc1c(C(=O)O)c(C2CC2)nc2ccccc12. The van der Waals surface area contributed by atoms with E-state index in [2.05, 4.69) is 4.98 Å². The number of benzene rings is 1. The van der Waals surface area contributed by atoms with Crippen LogP contribution in [0.15, 0.2) is 24.3 Å². The van der Waals surface area contributed by atoms with Crippen LogP contribution < -0.4 is 0 Å². The molecule has 1 aromatic heterocycles. The van der Waals surface area contributed by atoms with Crippen molar-refractivity contribution in [2.45, 2.75) is 25.7 Å². The van der Waals surface area contributed by atoms with Crippen LogP contribution in [0.3, 0.4) is 0 Å². The zero-order chi connectivity index (χ0) is 12.0. The van der Waals surface area contributed by atoms with Gasteiger partial charge in [0.25, 0.3) is 0 Å². The Labute approximate surface area is 99.1 Å². The van der Waals surface area contributed by atoms with E-state index in [1.54, 1.807) is 0 Å². The average molecular weight is 227 g/mol. The van der Waals surface area contributed by atoms with Crippen LogP contribution in [0.5, 0.6) is 0 Å². The van der Waals surface area contributed by atoms with Crippen molar-refractivity contribution >= 4 is 16.9 Å². The molecule has 0 bridgehead atoms. The molecule has 1 aromatic carbocycles. The fourth-order valence-electron chi connectivity index (χ4n) is 2.32. The molecular weight excluding hydrogens is 214 g/mol. The van der Waals surface area contributed by atoms with Crippen molar-refractivity contribution in [2.75, 3.05) is 0 Å². The van der Waals surface area contributed by atoms with Gasteiger partial charge in [0.2, 0.25) is 0 Å². The van der Waals surface area contributed by atoms with E-state index in [1.807, 2.05) is 31.2 Å². The zero-order valence-electron chi connectivity index (χ0n) is 9.60. The van der Waals surface area contributed by atoms with Gasteiger partial charge in [0.15, 0.2) is 0 Å². The maximum absolute atomic E-state index is 11.4. The van der Waals surface area contributed by atoms with Crippen molar-refractivity contribution in [3.63, 3.8) is 0 Å². The van der Waals surface area contributed by atoms with E-state index in [-0.39, 0.29) is 0 Å². The van der Waals surface area contributed by atoms with Crippen LogP contribution >= 0.6 is 0 Å². The Morgan fingerprint density at radius 2 is 2.06 bits per heavy atom. The fraction of sp³-hybridized carbons (Fsp3) is 0.286. The smallest absolute Gasteiger partial charge is 0.337 e. The van der Waals surface area contributed by atoms with Crippen LogP contribution in [0, 0.1) is 6.92 Å². The van der Waals surface area contributed by atoms with Gasteiger partial charge in [-0.25, -0.2) is 4.79 Å². The van der Waals surface area contributed by atoms with Gasteiger partial charge in [0.05, 0.1) is 16.8 Å². The Kier molecular flexibility index (Phi) is 2.15. The molecule has 2 aromatic rings. The number of carboxylic acids is 1. The van der Waals surface area contributed by atoms with Gasteiger partial charge in [-0.1, -0.05) is 18.2 Å². The highest BCUT2D eigenvalue weighted by Gasteiger charge is 2.31. The molecule has 0 saturated heterocycles. The first-order valence-electron chi connectivity index (χ1n) is 5.81. The summed E-state index contributed by atoms with van der Waals surface area (Å²) in [5.74, 6) is -0.507. The number of rotatable bonds is 2. The number of fused-ring (bicyclic) bond motifs is 1. The molecule has 86 valence electrons. The number of aromatic carboxylic acids is 1. The molecule has 1 fully saturated rings. The quantitative estimate of drug-likeness (QED) is 0.857. The van der Waals surface area contributed by atoms with E-state index < -0.39 is 5.97 Å². The minimum absolute atomic E-state index is 0.351. The first-order valence-corrected chi connectivity index (χ1v) is 5.81. The Balaban J connectivity index is 2.37. The molecule has 1 saturated carbocycles. The molecule has 1 aliphatic rings. The van der Waals surface area contributed by atoms with Gasteiger partial charge in [0, 0.05) is 11.3 Å². The third kappa shape index (κ3) is 1.58. The van der Waals surface area contributed by atoms with Crippen molar-refractivity contribution in [3.05, 3.63) is 41.1 Å². The zero-order valence-corrected chi connectivity index (χ0v) is 9.60. The summed E-state index contributed by atoms with van der Waals surface area (Å²) in [5, 5.41) is 10.3. The molecule has 0 unspecified atom stereocenters. The largest absolute Gasteiger partial charge is 0.478 e. The Morgan fingerprint density at radius 3 is 2.71 bits per heavy atom. The maximum atomic E-state index is 11.4. The van der Waals surface area contributed by atoms with E-state index in [9.17, 15) is 9.90 Å². The summed E-state index contributed by atoms with van der Waals surface area (Å²) in [6.45, 7) is 1.87. The number of aryl methyl sites for hydroxylation is 1. The van der Waals surface area contributed by atoms with Crippen molar-refractivity contribution in [3.8, 4) is 0 Å². The summed E-state index contributed by atoms with van der Waals surface area (Å²) >= 11 is 0. The number of pyridine rings is 1. The van der Waals surface area contributed by atoms with E-state index in [1.165, 1.54) is 0 Å². The van der Waals surface area contributed by atoms with Crippen LogP contribution in [0.25, 0.3) is 10.9 Å². The summed E-state index contributed by atoms with van der Waals surface area (Å²) in [4.78, 5) is 15.9. The highest BCUT2D eigenvalue weighted by molar-refractivity contribution is 5.97. The molecule has 0 spiro atoms.